The van der Waals surface area contributed by atoms with Crippen LogP contribution in [0, 0.1) is 0 Å². The zero-order valence-corrected chi connectivity index (χ0v) is 13.9. The van der Waals surface area contributed by atoms with E-state index in [1.807, 2.05) is 0 Å². The van der Waals surface area contributed by atoms with Crippen LogP contribution in [0.25, 0.3) is 0 Å². The molecule has 0 fully saturated rings. The molecule has 0 heterocycles. The van der Waals surface area contributed by atoms with Gasteiger partial charge in [-0.25, -0.2) is 0 Å². The van der Waals surface area contributed by atoms with Crippen LogP contribution in [0.1, 0.15) is 0 Å². The largest absolute Gasteiger partial charge is 0.508 e. The van der Waals surface area contributed by atoms with E-state index in [2.05, 4.69) is 0 Å². The van der Waals surface area contributed by atoms with Crippen molar-refractivity contribution in [1.82, 2.24) is 0 Å². The molecule has 0 aliphatic rings. The summed E-state index contributed by atoms with van der Waals surface area (Å²) in [6.07, 6.45) is 0. The van der Waals surface area contributed by atoms with E-state index >= 15 is 0 Å². The van der Waals surface area contributed by atoms with Gasteiger partial charge in [0.2, 0.25) is 17.2 Å². The van der Waals surface area contributed by atoms with Crippen LogP contribution in [0.5, 0.6) is 69.0 Å². The molecule has 0 aromatic heterocycles. The monoisotopic (exact) mass is 390 g/mol. The number of rotatable bonds is 4. The quantitative estimate of drug-likeness (QED) is 0.309. The van der Waals surface area contributed by atoms with Gasteiger partial charge in [0.15, 0.2) is 34.5 Å². The maximum absolute atomic E-state index is 10.3. The van der Waals surface area contributed by atoms with Crippen molar-refractivity contribution in [1.29, 1.82) is 0 Å². The van der Waals surface area contributed by atoms with Crippen molar-refractivity contribution in [3.63, 3.8) is 0 Å². The summed E-state index contributed by atoms with van der Waals surface area (Å²) in [4.78, 5) is 0. The third-order valence-corrected chi connectivity index (χ3v) is 3.52. The van der Waals surface area contributed by atoms with E-state index in [1.54, 1.807) is 0 Å². The highest BCUT2D eigenvalue weighted by molar-refractivity contribution is 5.62. The minimum Gasteiger partial charge on any atom is -0.508 e. The van der Waals surface area contributed by atoms with Gasteiger partial charge in [-0.15, -0.1) is 0 Å². The van der Waals surface area contributed by atoms with Crippen molar-refractivity contribution in [2.45, 2.75) is 0 Å². The molecule has 0 bridgehead atoms. The van der Waals surface area contributed by atoms with Crippen LogP contribution in [0.3, 0.4) is 0 Å². The standard InChI is InChI=1S/C18H14O10/c19-7-1-10(22)17(11(23)2-7)27-14-5-9(21)6-15(16(14)26)28-18-12(24)3-8(20)4-13(18)25/h1-6,19-26H. The lowest BCUT2D eigenvalue weighted by molar-refractivity contribution is 0.332. The molecule has 0 atom stereocenters. The Labute approximate surface area is 156 Å². The first-order valence-electron chi connectivity index (χ1n) is 7.57. The number of phenols is 8. The first kappa shape index (κ1) is 18.5. The summed E-state index contributed by atoms with van der Waals surface area (Å²) in [5.74, 6) is -6.70. The lowest BCUT2D eigenvalue weighted by Crippen LogP contribution is -1.91. The molecule has 0 spiro atoms. The van der Waals surface area contributed by atoms with Crippen LogP contribution in [-0.4, -0.2) is 40.9 Å². The molecule has 3 rings (SSSR count). The van der Waals surface area contributed by atoms with E-state index in [4.69, 9.17) is 9.47 Å². The fraction of sp³-hybridized carbons (Fsp3) is 0. The smallest absolute Gasteiger partial charge is 0.211 e. The highest BCUT2D eigenvalue weighted by Gasteiger charge is 2.21. The van der Waals surface area contributed by atoms with Crippen LogP contribution in [-0.2, 0) is 0 Å². The van der Waals surface area contributed by atoms with Gasteiger partial charge in [-0.2, -0.15) is 0 Å². The van der Waals surface area contributed by atoms with Crippen LogP contribution >= 0.6 is 0 Å². The number of phenolic OH excluding ortho intramolecular Hbond substituents is 8. The Kier molecular flexibility index (Phi) is 4.45. The van der Waals surface area contributed by atoms with Crippen molar-refractivity contribution >= 4 is 0 Å². The summed E-state index contributed by atoms with van der Waals surface area (Å²) < 4.78 is 10.4. The van der Waals surface area contributed by atoms with Crippen LogP contribution < -0.4 is 9.47 Å². The number of ether oxygens (including phenoxy) is 2. The number of hydrogen-bond donors (Lipinski definition) is 8. The zero-order chi connectivity index (χ0) is 20.6. The molecule has 0 aliphatic carbocycles. The summed E-state index contributed by atoms with van der Waals surface area (Å²) in [7, 11) is 0. The molecule has 146 valence electrons. The molecular weight excluding hydrogens is 376 g/mol. The fourth-order valence-electron chi connectivity index (χ4n) is 2.32. The Morgan fingerprint density at radius 1 is 0.429 bits per heavy atom. The highest BCUT2D eigenvalue weighted by atomic mass is 16.5. The second-order valence-electron chi connectivity index (χ2n) is 5.62. The maximum Gasteiger partial charge on any atom is 0.211 e. The van der Waals surface area contributed by atoms with Crippen molar-refractivity contribution in [3.8, 4) is 69.0 Å². The molecule has 10 nitrogen and oxygen atoms in total. The molecule has 8 N–H and O–H groups in total. The Morgan fingerprint density at radius 3 is 1.04 bits per heavy atom. The van der Waals surface area contributed by atoms with E-state index in [-0.39, 0.29) is 0 Å². The summed E-state index contributed by atoms with van der Waals surface area (Å²) in [6, 6.07) is 5.37. The molecule has 3 aromatic rings. The Morgan fingerprint density at radius 2 is 0.714 bits per heavy atom. The number of hydrogen-bond acceptors (Lipinski definition) is 10. The molecule has 10 heteroatoms. The molecule has 0 aliphatic heterocycles. The molecule has 0 unspecified atom stereocenters. The Balaban J connectivity index is 2.02. The van der Waals surface area contributed by atoms with Gasteiger partial charge < -0.3 is 50.3 Å². The van der Waals surface area contributed by atoms with E-state index in [9.17, 15) is 40.9 Å². The Hall–Kier alpha value is -4.34. The normalized spacial score (nSPS) is 10.6. The van der Waals surface area contributed by atoms with E-state index in [0.29, 0.717) is 0 Å². The van der Waals surface area contributed by atoms with Gasteiger partial charge in [-0.3, -0.25) is 0 Å². The minimum absolute atomic E-state index is 0.440. The van der Waals surface area contributed by atoms with Gasteiger partial charge in [-0.05, 0) is 0 Å². The topological polar surface area (TPSA) is 180 Å². The second-order valence-corrected chi connectivity index (χ2v) is 5.62. The highest BCUT2D eigenvalue weighted by Crippen LogP contribution is 2.50. The summed E-state index contributed by atoms with van der Waals surface area (Å²) in [5.41, 5.74) is 0. The van der Waals surface area contributed by atoms with Gasteiger partial charge in [0, 0.05) is 36.4 Å². The molecule has 28 heavy (non-hydrogen) atoms. The van der Waals surface area contributed by atoms with Crippen LogP contribution in [0.15, 0.2) is 36.4 Å². The Bertz CT molecular complexity index is 934. The van der Waals surface area contributed by atoms with Gasteiger partial charge in [0.1, 0.15) is 17.2 Å². The SMILES string of the molecule is Oc1cc(O)c(Oc2cc(O)cc(Oc3c(O)cc(O)cc3O)c2O)c(O)c1. The van der Waals surface area contributed by atoms with E-state index < -0.39 is 69.0 Å². The van der Waals surface area contributed by atoms with Gasteiger partial charge >= 0.3 is 0 Å². The molecule has 0 radical (unpaired) electrons. The third kappa shape index (κ3) is 3.46. The second kappa shape index (κ2) is 6.76. The summed E-state index contributed by atoms with van der Waals surface area (Å²) in [5, 5.41) is 77.9. The lowest BCUT2D eigenvalue weighted by Gasteiger charge is -2.15. The van der Waals surface area contributed by atoms with Gasteiger partial charge in [-0.1, -0.05) is 0 Å². The molecule has 0 saturated heterocycles. The van der Waals surface area contributed by atoms with Gasteiger partial charge in [0.05, 0.1) is 0 Å². The number of aromatic hydroxyl groups is 8. The average molecular weight is 390 g/mol. The summed E-state index contributed by atoms with van der Waals surface area (Å²) in [6.45, 7) is 0. The summed E-state index contributed by atoms with van der Waals surface area (Å²) >= 11 is 0. The predicted octanol–water partition coefficient (Wildman–Crippen LogP) is 2.92. The molecule has 0 saturated carbocycles. The zero-order valence-electron chi connectivity index (χ0n) is 13.9. The predicted molar refractivity (Wildman–Crippen MR) is 92.8 cm³/mol. The maximum atomic E-state index is 10.3. The van der Waals surface area contributed by atoms with Crippen molar-refractivity contribution < 1.29 is 50.3 Å². The molecule has 3 aromatic carbocycles. The van der Waals surface area contributed by atoms with Crippen LogP contribution in [0.4, 0.5) is 0 Å². The first-order valence-corrected chi connectivity index (χ1v) is 7.57. The third-order valence-electron chi connectivity index (χ3n) is 3.52. The van der Waals surface area contributed by atoms with Crippen molar-refractivity contribution in [2.75, 3.05) is 0 Å². The minimum atomic E-state index is -0.725. The van der Waals surface area contributed by atoms with E-state index in [0.717, 1.165) is 36.4 Å². The fourth-order valence-corrected chi connectivity index (χ4v) is 2.32. The average Bonchev–Trinajstić information content (AvgIpc) is 2.57. The molecular formula is C18H14O10. The number of benzene rings is 3. The van der Waals surface area contributed by atoms with E-state index in [1.165, 1.54) is 0 Å². The van der Waals surface area contributed by atoms with Crippen LogP contribution in [0.2, 0.25) is 0 Å². The first-order chi connectivity index (χ1) is 13.2. The van der Waals surface area contributed by atoms with Gasteiger partial charge in [0.25, 0.3) is 0 Å². The van der Waals surface area contributed by atoms with Crippen molar-refractivity contribution in [2.24, 2.45) is 0 Å². The molecule has 0 amide bonds. The lowest BCUT2D eigenvalue weighted by atomic mass is 10.2. The van der Waals surface area contributed by atoms with Crippen molar-refractivity contribution in [3.05, 3.63) is 36.4 Å².